The second kappa shape index (κ2) is 24.9. The van der Waals surface area contributed by atoms with Crippen molar-refractivity contribution in [1.82, 2.24) is 4.98 Å². The van der Waals surface area contributed by atoms with E-state index in [9.17, 15) is 12.8 Å². The highest BCUT2D eigenvalue weighted by Gasteiger charge is 2.08. The lowest BCUT2D eigenvalue weighted by atomic mass is 10.2. The van der Waals surface area contributed by atoms with E-state index in [-0.39, 0.29) is 10.8 Å². The number of aromatic nitrogens is 1. The van der Waals surface area contributed by atoms with Gasteiger partial charge in [0.1, 0.15) is 5.82 Å². The van der Waals surface area contributed by atoms with Crippen molar-refractivity contribution in [3.05, 3.63) is 80.0 Å². The predicted octanol–water partition coefficient (Wildman–Crippen LogP) is 10.4. The van der Waals surface area contributed by atoms with Crippen LogP contribution in [0.4, 0.5) is 4.39 Å². The smallest absolute Gasteiger partial charge is 0.175 e. The fourth-order valence-electron chi connectivity index (χ4n) is 2.22. The summed E-state index contributed by atoms with van der Waals surface area (Å²) in [6, 6.07) is 11.7. The largest absolute Gasteiger partial charge is 0.247 e. The Bertz CT molecular complexity index is 994. The van der Waals surface area contributed by atoms with Gasteiger partial charge in [-0.25, -0.2) is 17.8 Å². The Balaban J connectivity index is -0.000000188. The monoisotopic (exact) mass is 561 g/mol. The van der Waals surface area contributed by atoms with Crippen LogP contribution in [0.3, 0.4) is 0 Å². The average molecular weight is 562 g/mol. The number of thiazole rings is 1. The molecule has 0 saturated heterocycles. The molecule has 0 fully saturated rings. The number of benzene rings is 2. The predicted molar refractivity (Wildman–Crippen MR) is 162 cm³/mol. The molecule has 0 N–H and O–H groups in total. The third-order valence-electron chi connectivity index (χ3n) is 3.77. The van der Waals surface area contributed by atoms with E-state index in [1.807, 2.05) is 75.3 Å². The molecule has 1 heterocycles. The van der Waals surface area contributed by atoms with E-state index in [2.05, 4.69) is 11.9 Å². The van der Waals surface area contributed by atoms with Gasteiger partial charge in [0.2, 0.25) is 0 Å². The van der Waals surface area contributed by atoms with Gasteiger partial charge in [0, 0.05) is 11.1 Å². The van der Waals surface area contributed by atoms with Gasteiger partial charge in [0.05, 0.1) is 20.6 Å². The zero-order chi connectivity index (χ0) is 29.5. The van der Waals surface area contributed by atoms with Crippen LogP contribution in [-0.2, 0) is 9.84 Å². The van der Waals surface area contributed by atoms with Gasteiger partial charge in [-0.1, -0.05) is 97.3 Å². The zero-order valence-electron chi connectivity index (χ0n) is 24.9. The summed E-state index contributed by atoms with van der Waals surface area (Å²) in [5, 5.41) is 1.39. The molecule has 1 aromatic heterocycles. The summed E-state index contributed by atoms with van der Waals surface area (Å²) in [7, 11) is -3.03. The fraction of sp³-hybridized carbons (Fsp3) is 0.483. The molecule has 36 heavy (non-hydrogen) atoms. The van der Waals surface area contributed by atoms with E-state index in [1.165, 1.54) is 27.9 Å². The SMILES string of the molecule is CC.CC.CC.CC.Cc1cccc(F)c1Cl.Cc1ccccc1S(C)(=O)=O.Cc1nc(C)c(C)s1. The molecule has 0 aliphatic carbocycles. The van der Waals surface area contributed by atoms with Crippen molar-refractivity contribution in [3.63, 3.8) is 0 Å². The van der Waals surface area contributed by atoms with Gasteiger partial charge in [-0.15, -0.1) is 11.3 Å². The molecule has 3 nitrogen and oxygen atoms in total. The van der Waals surface area contributed by atoms with E-state index in [1.54, 1.807) is 55.5 Å². The molecule has 0 aliphatic heterocycles. The van der Waals surface area contributed by atoms with E-state index in [4.69, 9.17) is 11.6 Å². The van der Waals surface area contributed by atoms with Crippen LogP contribution in [0.5, 0.6) is 0 Å². The first-order valence-corrected chi connectivity index (χ1v) is 15.6. The van der Waals surface area contributed by atoms with Crippen LogP contribution in [0.15, 0.2) is 47.4 Å². The molecular formula is C29H49ClFNO2S2. The molecule has 7 heteroatoms. The summed E-state index contributed by atoms with van der Waals surface area (Å²) in [5.41, 5.74) is 2.75. The molecule has 2 aromatic carbocycles. The first-order chi connectivity index (χ1) is 16.9. The second-order valence-electron chi connectivity index (χ2n) is 6.28. The van der Waals surface area contributed by atoms with Gasteiger partial charge < -0.3 is 0 Å². The lowest BCUT2D eigenvalue weighted by Crippen LogP contribution is -1.98. The summed E-state index contributed by atoms with van der Waals surface area (Å²) < 4.78 is 34.6. The van der Waals surface area contributed by atoms with Crippen LogP contribution in [0.2, 0.25) is 5.02 Å². The Morgan fingerprint density at radius 2 is 1.19 bits per heavy atom. The van der Waals surface area contributed by atoms with Crippen molar-refractivity contribution < 1.29 is 12.8 Å². The second-order valence-corrected chi connectivity index (χ2v) is 10.1. The minimum Gasteiger partial charge on any atom is -0.247 e. The number of sulfone groups is 1. The Hall–Kier alpha value is -1.76. The normalized spacial score (nSPS) is 8.78. The van der Waals surface area contributed by atoms with Crippen molar-refractivity contribution in [1.29, 1.82) is 0 Å². The molecule has 3 aromatic rings. The number of halogens is 2. The molecule has 3 rings (SSSR count). The Morgan fingerprint density at radius 3 is 1.44 bits per heavy atom. The maximum atomic E-state index is 12.4. The fourth-order valence-corrected chi connectivity index (χ4v) is 4.14. The number of nitrogens with zero attached hydrogens (tertiary/aromatic N) is 1. The molecular weight excluding hydrogens is 513 g/mol. The lowest BCUT2D eigenvalue weighted by molar-refractivity contribution is 0.601. The van der Waals surface area contributed by atoms with Gasteiger partial charge >= 0.3 is 0 Å². The summed E-state index contributed by atoms with van der Waals surface area (Å²) in [6.07, 6.45) is 1.22. The van der Waals surface area contributed by atoms with Gasteiger partial charge in [0.15, 0.2) is 9.84 Å². The highest BCUT2D eigenvalue weighted by molar-refractivity contribution is 7.90. The van der Waals surface area contributed by atoms with E-state index < -0.39 is 9.84 Å². The van der Waals surface area contributed by atoms with E-state index in [0.717, 1.165) is 11.1 Å². The minimum atomic E-state index is -3.03. The van der Waals surface area contributed by atoms with Crippen LogP contribution >= 0.6 is 22.9 Å². The van der Waals surface area contributed by atoms with Crippen molar-refractivity contribution >= 4 is 32.8 Å². The first kappa shape index (κ1) is 41.4. The van der Waals surface area contributed by atoms with E-state index >= 15 is 0 Å². The molecule has 0 amide bonds. The van der Waals surface area contributed by atoms with Crippen LogP contribution in [0.1, 0.15) is 82.1 Å². The topological polar surface area (TPSA) is 47.0 Å². The number of hydrogen-bond acceptors (Lipinski definition) is 4. The van der Waals surface area contributed by atoms with Crippen LogP contribution in [-0.4, -0.2) is 19.7 Å². The molecule has 0 aliphatic rings. The standard InChI is InChI=1S/C8H10O2S.C7H6ClF.C6H9NS.4C2H6/c1-7-5-3-4-6-8(7)11(2,9)10;1-5-3-2-4-6(9)7(5)8;1-4-5(2)8-6(3)7-4;4*1-2/h3-6H,1-2H3;2-4H,1H3;1-3H3;4*1-2H3. The Morgan fingerprint density at radius 1 is 0.750 bits per heavy atom. The highest BCUT2D eigenvalue weighted by atomic mass is 35.5. The first-order valence-electron chi connectivity index (χ1n) is 12.5. The van der Waals surface area contributed by atoms with Crippen molar-refractivity contribution in [2.24, 2.45) is 0 Å². The van der Waals surface area contributed by atoms with Crippen molar-refractivity contribution in [2.75, 3.05) is 6.26 Å². The molecule has 0 radical (unpaired) electrons. The third-order valence-corrected chi connectivity index (χ3v) is 6.50. The molecule has 0 atom stereocenters. The Kier molecular flexibility index (Phi) is 28.6. The van der Waals surface area contributed by atoms with Gasteiger partial charge in [-0.2, -0.15) is 0 Å². The number of aryl methyl sites for hydroxylation is 5. The maximum absolute atomic E-state index is 12.4. The number of rotatable bonds is 1. The van der Waals surface area contributed by atoms with Gasteiger partial charge in [0.25, 0.3) is 0 Å². The van der Waals surface area contributed by atoms with Crippen molar-refractivity contribution in [3.8, 4) is 0 Å². The summed E-state index contributed by atoms with van der Waals surface area (Å²) in [6.45, 7) is 25.7. The summed E-state index contributed by atoms with van der Waals surface area (Å²) in [5.74, 6) is -0.350. The molecule has 208 valence electrons. The number of hydrogen-bond donors (Lipinski definition) is 0. The quantitative estimate of drug-likeness (QED) is 0.297. The van der Waals surface area contributed by atoms with Gasteiger partial charge in [-0.3, -0.25) is 0 Å². The summed E-state index contributed by atoms with van der Waals surface area (Å²) in [4.78, 5) is 5.98. The summed E-state index contributed by atoms with van der Waals surface area (Å²) >= 11 is 7.26. The molecule has 0 bridgehead atoms. The van der Waals surface area contributed by atoms with E-state index in [0.29, 0.717) is 4.90 Å². The minimum absolute atomic E-state index is 0.220. The molecule has 0 saturated carbocycles. The zero-order valence-corrected chi connectivity index (χ0v) is 27.3. The average Bonchev–Trinajstić information content (AvgIpc) is 3.17. The van der Waals surface area contributed by atoms with Crippen LogP contribution in [0.25, 0.3) is 0 Å². The highest BCUT2D eigenvalue weighted by Crippen LogP contribution is 2.17. The molecule has 0 spiro atoms. The molecule has 0 unspecified atom stereocenters. The van der Waals surface area contributed by atoms with Gasteiger partial charge in [-0.05, 0) is 57.9 Å². The van der Waals surface area contributed by atoms with Crippen molar-refractivity contribution in [2.45, 2.75) is 94.9 Å². The van der Waals surface area contributed by atoms with Crippen LogP contribution < -0.4 is 0 Å². The maximum Gasteiger partial charge on any atom is 0.175 e. The lowest BCUT2D eigenvalue weighted by Gasteiger charge is -2.00. The Labute approximate surface area is 231 Å². The van der Waals surface area contributed by atoms with Crippen LogP contribution in [0, 0.1) is 40.4 Å². The third kappa shape index (κ3) is 18.5.